The first-order valence-corrected chi connectivity index (χ1v) is 12.7. The van der Waals surface area contributed by atoms with Crippen LogP contribution < -0.4 is 16.0 Å². The Morgan fingerprint density at radius 2 is 1.34 bits per heavy atom. The number of carbonyl (C=O) groups excluding carboxylic acids is 3. The van der Waals surface area contributed by atoms with E-state index in [1.165, 1.54) is 6.33 Å². The van der Waals surface area contributed by atoms with Crippen LogP contribution in [-0.4, -0.2) is 57.5 Å². The van der Waals surface area contributed by atoms with Crippen LogP contribution in [0.2, 0.25) is 0 Å². The van der Waals surface area contributed by atoms with Gasteiger partial charge in [-0.05, 0) is 11.1 Å². The van der Waals surface area contributed by atoms with Crippen LogP contribution in [0.4, 0.5) is 0 Å². The van der Waals surface area contributed by atoms with Crippen molar-refractivity contribution >= 4 is 17.7 Å². The molecule has 0 radical (unpaired) electrons. The highest BCUT2D eigenvalue weighted by Crippen LogP contribution is 2.14. The third-order valence-electron chi connectivity index (χ3n) is 6.09. The van der Waals surface area contributed by atoms with Gasteiger partial charge in [-0.1, -0.05) is 81.4 Å². The van der Waals surface area contributed by atoms with Crippen LogP contribution in [0.25, 0.3) is 0 Å². The molecule has 9 heteroatoms. The lowest BCUT2D eigenvalue weighted by Crippen LogP contribution is -2.57. The molecule has 0 fully saturated rings. The molecule has 3 amide bonds. The molecule has 0 aliphatic heterocycles. The number of imidazole rings is 1. The van der Waals surface area contributed by atoms with Crippen molar-refractivity contribution in [1.29, 1.82) is 0 Å². The van der Waals surface area contributed by atoms with Crippen LogP contribution in [0.3, 0.4) is 0 Å². The first kappa shape index (κ1) is 28.6. The van der Waals surface area contributed by atoms with Gasteiger partial charge in [-0.2, -0.15) is 0 Å². The SMILES string of the molecule is CC(C)(C)C(=O)N[C@@H](Cc1ccccc1)C(=O)N[C@@H](Cc1ccccc1)C(=O)NC(CO)Cc1cnc[nH]1. The standard InChI is InChI=1S/C29H37N5O4/c1-29(2,3)28(38)34-25(15-21-12-8-5-9-13-21)27(37)33-24(14-20-10-6-4-7-11-20)26(36)32-23(18-35)16-22-17-30-19-31-22/h4-13,17,19,23-25,35H,14-16,18H2,1-3H3,(H,30,31)(H,32,36)(H,33,37)(H,34,38)/t23?,24-,25-/m0/s1. The van der Waals surface area contributed by atoms with Crippen molar-refractivity contribution in [3.05, 3.63) is 90.0 Å². The van der Waals surface area contributed by atoms with Gasteiger partial charge in [0, 0.05) is 36.6 Å². The van der Waals surface area contributed by atoms with Gasteiger partial charge in [0.25, 0.3) is 0 Å². The molecule has 0 spiro atoms. The zero-order valence-electron chi connectivity index (χ0n) is 22.1. The molecular weight excluding hydrogens is 482 g/mol. The largest absolute Gasteiger partial charge is 0.394 e. The number of H-pyrrole nitrogens is 1. The van der Waals surface area contributed by atoms with Crippen molar-refractivity contribution in [2.24, 2.45) is 5.41 Å². The Kier molecular flexibility index (Phi) is 10.2. The van der Waals surface area contributed by atoms with E-state index < -0.39 is 35.4 Å². The monoisotopic (exact) mass is 519 g/mol. The topological polar surface area (TPSA) is 136 Å². The fraction of sp³-hybridized carbons (Fsp3) is 0.379. The van der Waals surface area contributed by atoms with Crippen molar-refractivity contribution in [2.45, 2.75) is 58.2 Å². The van der Waals surface area contributed by atoms with Gasteiger partial charge in [-0.15, -0.1) is 0 Å². The molecule has 202 valence electrons. The zero-order valence-corrected chi connectivity index (χ0v) is 22.1. The number of aliphatic hydroxyl groups excluding tert-OH is 1. The molecule has 0 bridgehead atoms. The van der Waals surface area contributed by atoms with Crippen LogP contribution in [0, 0.1) is 5.41 Å². The Balaban J connectivity index is 1.80. The highest BCUT2D eigenvalue weighted by atomic mass is 16.3. The summed E-state index contributed by atoms with van der Waals surface area (Å²) in [6, 6.07) is 16.4. The molecule has 1 unspecified atom stereocenters. The number of aromatic amines is 1. The van der Waals surface area contributed by atoms with E-state index in [9.17, 15) is 19.5 Å². The minimum absolute atomic E-state index is 0.242. The second-order valence-electron chi connectivity index (χ2n) is 10.4. The maximum absolute atomic E-state index is 13.6. The molecule has 9 nitrogen and oxygen atoms in total. The average Bonchev–Trinajstić information content (AvgIpc) is 3.41. The van der Waals surface area contributed by atoms with Gasteiger partial charge < -0.3 is 26.0 Å². The fourth-order valence-corrected chi connectivity index (χ4v) is 3.89. The third kappa shape index (κ3) is 8.85. The number of amides is 3. The van der Waals surface area contributed by atoms with Crippen molar-refractivity contribution in [3.63, 3.8) is 0 Å². The molecule has 2 aromatic carbocycles. The summed E-state index contributed by atoms with van der Waals surface area (Å²) in [5.74, 6) is -1.16. The minimum atomic E-state index is -0.925. The Labute approximate surface area is 223 Å². The number of rotatable bonds is 12. The van der Waals surface area contributed by atoms with Gasteiger partial charge in [0.05, 0.1) is 19.0 Å². The number of hydrogen-bond acceptors (Lipinski definition) is 5. The lowest BCUT2D eigenvalue weighted by molar-refractivity contribution is -0.135. The number of aromatic nitrogens is 2. The van der Waals surface area contributed by atoms with E-state index in [1.54, 1.807) is 27.0 Å². The van der Waals surface area contributed by atoms with E-state index in [0.717, 1.165) is 16.8 Å². The molecule has 3 rings (SSSR count). The van der Waals surface area contributed by atoms with Crippen LogP contribution in [0.1, 0.15) is 37.6 Å². The molecule has 0 saturated carbocycles. The lowest BCUT2D eigenvalue weighted by atomic mass is 9.94. The van der Waals surface area contributed by atoms with Gasteiger partial charge in [0.2, 0.25) is 17.7 Å². The van der Waals surface area contributed by atoms with Crippen molar-refractivity contribution in [3.8, 4) is 0 Å². The fourth-order valence-electron chi connectivity index (χ4n) is 3.89. The second-order valence-corrected chi connectivity index (χ2v) is 10.4. The maximum Gasteiger partial charge on any atom is 0.243 e. The molecule has 1 heterocycles. The number of carbonyl (C=O) groups is 3. The third-order valence-corrected chi connectivity index (χ3v) is 6.09. The van der Waals surface area contributed by atoms with Gasteiger partial charge in [0.1, 0.15) is 12.1 Å². The van der Waals surface area contributed by atoms with Gasteiger partial charge in [0.15, 0.2) is 0 Å². The highest BCUT2D eigenvalue weighted by Gasteiger charge is 2.31. The van der Waals surface area contributed by atoms with Gasteiger partial charge in [-0.3, -0.25) is 14.4 Å². The van der Waals surface area contributed by atoms with E-state index >= 15 is 0 Å². The number of hydrogen-bond donors (Lipinski definition) is 5. The number of aliphatic hydroxyl groups is 1. The number of nitrogens with zero attached hydrogens (tertiary/aromatic N) is 1. The molecule has 38 heavy (non-hydrogen) atoms. The smallest absolute Gasteiger partial charge is 0.243 e. The number of nitrogens with one attached hydrogen (secondary N) is 4. The Morgan fingerprint density at radius 1 is 0.816 bits per heavy atom. The zero-order chi connectivity index (χ0) is 27.5. The normalized spacial score (nSPS) is 13.7. The summed E-state index contributed by atoms with van der Waals surface area (Å²) in [5, 5.41) is 18.4. The maximum atomic E-state index is 13.6. The van der Waals surface area contributed by atoms with E-state index in [2.05, 4.69) is 25.9 Å². The van der Waals surface area contributed by atoms with Crippen molar-refractivity contribution in [2.75, 3.05) is 6.61 Å². The second kappa shape index (κ2) is 13.5. The molecule has 0 aliphatic carbocycles. The summed E-state index contributed by atoms with van der Waals surface area (Å²) in [5.41, 5.74) is 1.81. The summed E-state index contributed by atoms with van der Waals surface area (Å²) in [6.45, 7) is 5.05. The van der Waals surface area contributed by atoms with Gasteiger partial charge >= 0.3 is 0 Å². The summed E-state index contributed by atoms with van der Waals surface area (Å²) in [6.07, 6.45) is 4.03. The molecule has 5 N–H and O–H groups in total. The molecule has 0 aliphatic rings. The summed E-state index contributed by atoms with van der Waals surface area (Å²) in [7, 11) is 0. The van der Waals surface area contributed by atoms with E-state index in [0.29, 0.717) is 6.42 Å². The van der Waals surface area contributed by atoms with Crippen LogP contribution in [0.15, 0.2) is 73.2 Å². The molecule has 0 saturated heterocycles. The summed E-state index contributed by atoms with van der Waals surface area (Å²) >= 11 is 0. The quantitative estimate of drug-likeness (QED) is 0.249. The predicted octanol–water partition coefficient (Wildman–Crippen LogP) is 1.93. The van der Waals surface area contributed by atoms with Crippen LogP contribution >= 0.6 is 0 Å². The molecule has 3 aromatic rings. The minimum Gasteiger partial charge on any atom is -0.394 e. The first-order valence-electron chi connectivity index (χ1n) is 12.7. The first-order chi connectivity index (χ1) is 18.2. The van der Waals surface area contributed by atoms with E-state index in [1.807, 2.05) is 60.7 Å². The summed E-state index contributed by atoms with van der Waals surface area (Å²) < 4.78 is 0. The molecular formula is C29H37N5O4. The Morgan fingerprint density at radius 3 is 1.82 bits per heavy atom. The Bertz CT molecular complexity index is 1160. The van der Waals surface area contributed by atoms with E-state index in [4.69, 9.17) is 0 Å². The van der Waals surface area contributed by atoms with Crippen molar-refractivity contribution < 1.29 is 19.5 Å². The predicted molar refractivity (Wildman–Crippen MR) is 145 cm³/mol. The summed E-state index contributed by atoms with van der Waals surface area (Å²) in [4.78, 5) is 46.7. The molecule has 1 aromatic heterocycles. The highest BCUT2D eigenvalue weighted by molar-refractivity contribution is 5.93. The van der Waals surface area contributed by atoms with Crippen molar-refractivity contribution in [1.82, 2.24) is 25.9 Å². The number of benzene rings is 2. The Hall–Kier alpha value is -3.98. The lowest BCUT2D eigenvalue weighted by Gasteiger charge is -2.27. The van der Waals surface area contributed by atoms with Crippen LogP contribution in [0.5, 0.6) is 0 Å². The van der Waals surface area contributed by atoms with Gasteiger partial charge in [-0.25, -0.2) is 4.98 Å². The van der Waals surface area contributed by atoms with Crippen LogP contribution in [-0.2, 0) is 33.6 Å². The molecule has 3 atom stereocenters. The average molecular weight is 520 g/mol. The van der Waals surface area contributed by atoms with E-state index in [-0.39, 0.29) is 25.4 Å².